The molecule has 0 aromatic heterocycles. The van der Waals surface area contributed by atoms with Gasteiger partial charge in [0, 0.05) is 29.1 Å². The number of halogens is 2. The van der Waals surface area contributed by atoms with Crippen molar-refractivity contribution in [1.82, 2.24) is 0 Å². The molecular weight excluding hydrogens is 450 g/mol. The normalized spacial score (nSPS) is 48.4. The predicted molar refractivity (Wildman–Crippen MR) is 121 cm³/mol. The first kappa shape index (κ1) is 24.6. The number of fused-ring (bicyclic) bond motifs is 5. The highest BCUT2D eigenvalue weighted by Crippen LogP contribution is 2.72. The molecule has 1 N–H and O–H groups in total. The van der Waals surface area contributed by atoms with Crippen LogP contribution in [0.4, 0.5) is 8.78 Å². The Labute approximate surface area is 197 Å². The molecule has 0 aromatic rings. The zero-order valence-electron chi connectivity index (χ0n) is 19.7. The lowest BCUT2D eigenvalue weighted by atomic mass is 9.44. The molecule has 0 amide bonds. The van der Waals surface area contributed by atoms with Gasteiger partial charge in [-0.2, -0.15) is 0 Å². The molecular formula is C25H32F2O5S. The minimum Gasteiger partial charge on any atom is -0.449 e. The number of hydrogen-bond acceptors (Lipinski definition) is 6. The lowest BCUT2D eigenvalue weighted by Gasteiger charge is -2.63. The fraction of sp³-hybridized carbons (Fsp3) is 0.720. The van der Waals surface area contributed by atoms with E-state index in [9.17, 15) is 19.5 Å². The molecule has 0 saturated heterocycles. The summed E-state index contributed by atoms with van der Waals surface area (Å²) in [6.07, 6.45) is 2.45. The molecule has 5 nitrogen and oxygen atoms in total. The van der Waals surface area contributed by atoms with Crippen molar-refractivity contribution in [1.29, 1.82) is 0 Å². The van der Waals surface area contributed by atoms with Crippen molar-refractivity contribution < 1.29 is 33.0 Å². The summed E-state index contributed by atoms with van der Waals surface area (Å²) in [5.41, 5.74) is -6.25. The van der Waals surface area contributed by atoms with Crippen molar-refractivity contribution in [2.75, 3.05) is 6.26 Å². The summed E-state index contributed by atoms with van der Waals surface area (Å²) < 4.78 is 38.6. The van der Waals surface area contributed by atoms with Gasteiger partial charge in [0.05, 0.1) is 6.10 Å². The summed E-state index contributed by atoms with van der Waals surface area (Å²) in [4.78, 5) is 37.8. The van der Waals surface area contributed by atoms with Crippen LogP contribution in [0.3, 0.4) is 0 Å². The second-order valence-corrected chi connectivity index (χ2v) is 11.3. The van der Waals surface area contributed by atoms with E-state index >= 15 is 8.78 Å². The molecule has 3 fully saturated rings. The second kappa shape index (κ2) is 7.74. The average Bonchev–Trinajstić information content (AvgIpc) is 2.98. The number of ether oxygens (including phenoxy) is 1. The number of carbonyl (C=O) groups is 3. The van der Waals surface area contributed by atoms with E-state index in [2.05, 4.69) is 0 Å². The maximum atomic E-state index is 17.2. The number of rotatable bonds is 3. The third-order valence-electron chi connectivity index (χ3n) is 9.22. The van der Waals surface area contributed by atoms with Crippen molar-refractivity contribution in [3.63, 3.8) is 0 Å². The number of ketones is 1. The molecule has 0 spiro atoms. The summed E-state index contributed by atoms with van der Waals surface area (Å²) >= 11 is 0.956. The number of thioether (sulfide) groups is 1. The van der Waals surface area contributed by atoms with Gasteiger partial charge in [-0.25, -0.2) is 8.78 Å². The molecule has 3 saturated carbocycles. The Morgan fingerprint density at radius 2 is 1.94 bits per heavy atom. The first-order chi connectivity index (χ1) is 15.3. The minimum absolute atomic E-state index is 0.0614. The summed E-state index contributed by atoms with van der Waals surface area (Å²) in [5, 5.41) is 11.1. The third-order valence-corrected chi connectivity index (χ3v) is 9.89. The average molecular weight is 483 g/mol. The van der Waals surface area contributed by atoms with Crippen LogP contribution in [0.2, 0.25) is 0 Å². The van der Waals surface area contributed by atoms with Crippen molar-refractivity contribution in [3.8, 4) is 0 Å². The molecule has 4 aliphatic carbocycles. The van der Waals surface area contributed by atoms with E-state index in [1.807, 2.05) is 6.92 Å². The van der Waals surface area contributed by atoms with Gasteiger partial charge in [0.2, 0.25) is 5.12 Å². The van der Waals surface area contributed by atoms with Gasteiger partial charge in [-0.3, -0.25) is 14.4 Å². The monoisotopic (exact) mass is 482 g/mol. The molecule has 2 unspecified atom stereocenters. The standard InChI is InChI=1S/C25H32F2O5S/c1-6-20(30)32-25(21(31)33-5)13(2)9-15-16-11-18(26)17-10-14(28)7-8-22(17,3)24(16,27)19(29)12-23(15,25)4/h7-8,10,13,15-16,18-19,29H,6,9,11-12H2,1-5H3/t13-,15?,16?,18+,19+,22+,23+,24+,25+/m1/s1. The van der Waals surface area contributed by atoms with Crippen molar-refractivity contribution in [3.05, 3.63) is 23.8 Å². The van der Waals surface area contributed by atoms with Crippen LogP contribution in [0, 0.1) is 28.6 Å². The highest BCUT2D eigenvalue weighted by Gasteiger charge is 2.78. The quantitative estimate of drug-likeness (QED) is 0.610. The van der Waals surface area contributed by atoms with Gasteiger partial charge in [-0.05, 0) is 56.1 Å². The van der Waals surface area contributed by atoms with Crippen LogP contribution in [0.5, 0.6) is 0 Å². The van der Waals surface area contributed by atoms with E-state index in [4.69, 9.17) is 4.74 Å². The zero-order chi connectivity index (χ0) is 24.6. The largest absolute Gasteiger partial charge is 0.449 e. The van der Waals surface area contributed by atoms with Gasteiger partial charge in [0.15, 0.2) is 17.1 Å². The Morgan fingerprint density at radius 1 is 1.27 bits per heavy atom. The van der Waals surface area contributed by atoms with E-state index in [0.29, 0.717) is 6.42 Å². The van der Waals surface area contributed by atoms with Gasteiger partial charge in [-0.1, -0.05) is 38.6 Å². The van der Waals surface area contributed by atoms with Gasteiger partial charge in [0.1, 0.15) is 6.17 Å². The molecule has 8 heteroatoms. The van der Waals surface area contributed by atoms with Crippen LogP contribution in [0.1, 0.15) is 53.4 Å². The number of allylic oxidation sites excluding steroid dienone is 4. The number of carbonyl (C=O) groups excluding carboxylic acids is 3. The summed E-state index contributed by atoms with van der Waals surface area (Å²) in [5.74, 6) is -2.77. The lowest BCUT2D eigenvalue weighted by Crippen LogP contribution is -2.70. The SMILES string of the molecule is CCC(=O)O[C@]1(C(=O)SC)[C@H](C)CC2C3C[C@H](F)C4=CC(=O)C=C[C@]4(C)[C@@]3(F)[C@@H](O)C[C@@]21C. The fourth-order valence-corrected chi connectivity index (χ4v) is 8.40. The Kier molecular flexibility index (Phi) is 5.76. The van der Waals surface area contributed by atoms with E-state index in [1.54, 1.807) is 27.0 Å². The Balaban J connectivity index is 1.88. The highest BCUT2D eigenvalue weighted by atomic mass is 32.2. The zero-order valence-corrected chi connectivity index (χ0v) is 20.5. The number of esters is 1. The van der Waals surface area contributed by atoms with Crippen LogP contribution in [0.15, 0.2) is 23.8 Å². The summed E-state index contributed by atoms with van der Waals surface area (Å²) in [6.45, 7) is 6.78. The van der Waals surface area contributed by atoms with E-state index in [0.717, 1.165) is 17.8 Å². The van der Waals surface area contributed by atoms with Crippen molar-refractivity contribution >= 4 is 28.6 Å². The molecule has 0 bridgehead atoms. The smallest absolute Gasteiger partial charge is 0.306 e. The summed E-state index contributed by atoms with van der Waals surface area (Å²) in [6, 6.07) is 0. The Morgan fingerprint density at radius 3 is 2.55 bits per heavy atom. The van der Waals surface area contributed by atoms with Crippen LogP contribution in [-0.2, 0) is 19.1 Å². The van der Waals surface area contributed by atoms with Crippen molar-refractivity contribution in [2.24, 2.45) is 28.6 Å². The first-order valence-corrected chi connectivity index (χ1v) is 12.8. The molecule has 33 heavy (non-hydrogen) atoms. The number of alkyl halides is 2. The van der Waals surface area contributed by atoms with Gasteiger partial charge in [0.25, 0.3) is 0 Å². The van der Waals surface area contributed by atoms with Crippen LogP contribution >= 0.6 is 11.8 Å². The molecule has 0 aliphatic heterocycles. The maximum absolute atomic E-state index is 17.2. The predicted octanol–water partition coefficient (Wildman–Crippen LogP) is 4.13. The number of aliphatic hydroxyl groups excluding tert-OH is 1. The van der Waals surface area contributed by atoms with Gasteiger partial charge >= 0.3 is 5.97 Å². The molecule has 0 radical (unpaired) electrons. The van der Waals surface area contributed by atoms with Crippen LogP contribution in [0.25, 0.3) is 0 Å². The van der Waals surface area contributed by atoms with E-state index < -0.39 is 63.9 Å². The first-order valence-electron chi connectivity index (χ1n) is 11.6. The summed E-state index contributed by atoms with van der Waals surface area (Å²) in [7, 11) is 0. The Bertz CT molecular complexity index is 964. The van der Waals surface area contributed by atoms with E-state index in [-0.39, 0.29) is 30.0 Å². The fourth-order valence-electron chi connectivity index (χ4n) is 7.62. The van der Waals surface area contributed by atoms with Crippen LogP contribution in [-0.4, -0.2) is 51.8 Å². The molecule has 4 aliphatic rings. The molecule has 4 rings (SSSR count). The number of aliphatic hydroxyl groups is 1. The van der Waals surface area contributed by atoms with Crippen LogP contribution < -0.4 is 0 Å². The van der Waals surface area contributed by atoms with Gasteiger partial charge in [-0.15, -0.1) is 0 Å². The maximum Gasteiger partial charge on any atom is 0.306 e. The van der Waals surface area contributed by atoms with Crippen molar-refractivity contribution in [2.45, 2.75) is 76.9 Å². The minimum atomic E-state index is -2.23. The molecule has 182 valence electrons. The molecule has 0 aromatic carbocycles. The topological polar surface area (TPSA) is 80.7 Å². The number of hydrogen-bond donors (Lipinski definition) is 1. The third kappa shape index (κ3) is 2.89. The molecule has 0 heterocycles. The van der Waals surface area contributed by atoms with Gasteiger partial charge < -0.3 is 9.84 Å². The second-order valence-electron chi connectivity index (χ2n) is 10.6. The Hall–Kier alpha value is -1.54. The molecule has 9 atom stereocenters. The lowest BCUT2D eigenvalue weighted by molar-refractivity contribution is -0.228. The van der Waals surface area contributed by atoms with E-state index in [1.165, 1.54) is 12.2 Å². The highest BCUT2D eigenvalue weighted by molar-refractivity contribution is 8.13.